The maximum Gasteiger partial charge on any atom is 0.412 e. The summed E-state index contributed by atoms with van der Waals surface area (Å²) < 4.78 is 5.25. The summed E-state index contributed by atoms with van der Waals surface area (Å²) in [7, 11) is 0. The van der Waals surface area contributed by atoms with Crippen molar-refractivity contribution in [2.75, 3.05) is 5.32 Å². The Labute approximate surface area is 129 Å². The van der Waals surface area contributed by atoms with Crippen LogP contribution in [-0.4, -0.2) is 17.8 Å². The molecule has 21 heavy (non-hydrogen) atoms. The number of ether oxygens (including phenoxy) is 1. The molecule has 0 spiro atoms. The second-order valence-electron chi connectivity index (χ2n) is 6.54. The molecule has 6 heteroatoms. The highest BCUT2D eigenvalue weighted by molar-refractivity contribution is 7.12. The monoisotopic (exact) mass is 313 g/mol. The third-order valence-electron chi connectivity index (χ3n) is 2.29. The van der Waals surface area contributed by atoms with E-state index in [1.807, 2.05) is 33.8 Å². The summed E-state index contributed by atoms with van der Waals surface area (Å²) in [4.78, 5) is 30.3. The van der Waals surface area contributed by atoms with Gasteiger partial charge in [0.05, 0.1) is 5.69 Å². The van der Waals surface area contributed by atoms with Gasteiger partial charge in [-0.3, -0.25) is 5.32 Å². The molecule has 118 valence electrons. The maximum absolute atomic E-state index is 11.7. The molecule has 1 aromatic heterocycles. The first-order valence-electron chi connectivity index (χ1n) is 6.51. The van der Waals surface area contributed by atoms with Crippen LogP contribution in [0.3, 0.4) is 0 Å². The number of aryl methyl sites for hydroxylation is 1. The van der Waals surface area contributed by atoms with Crippen molar-refractivity contribution < 1.29 is 19.1 Å². The molecule has 0 unspecified atom stereocenters. The normalized spacial score (nSPS) is 11.0. The van der Waals surface area contributed by atoms with Crippen LogP contribution in [0, 0.1) is 6.92 Å². The zero-order chi connectivity index (χ0) is 16.8. The molecule has 1 heterocycles. The number of carbonyl (C=O) groups excluding carboxylic acids is 3. The summed E-state index contributed by atoms with van der Waals surface area (Å²) in [6.07, 6.45) is -0.149. The molecule has 1 amide bonds. The van der Waals surface area contributed by atoms with E-state index in [0.717, 1.165) is 10.6 Å². The van der Waals surface area contributed by atoms with Gasteiger partial charge in [0.2, 0.25) is 0 Å². The summed E-state index contributed by atoms with van der Waals surface area (Å²) in [5.74, 6) is 0. The summed E-state index contributed by atoms with van der Waals surface area (Å²) in [6, 6.07) is 2.03. The van der Waals surface area contributed by atoms with Gasteiger partial charge in [0.15, 0.2) is 0 Å². The van der Waals surface area contributed by atoms with E-state index in [9.17, 15) is 4.79 Å². The van der Waals surface area contributed by atoms with Crippen LogP contribution in [0.1, 0.15) is 51.3 Å². The van der Waals surface area contributed by atoms with E-state index < -0.39 is 11.7 Å². The molecule has 1 N–H and O–H groups in total. The Morgan fingerprint density at radius 1 is 1.19 bits per heavy atom. The molecule has 0 aliphatic carbocycles. The largest absolute Gasteiger partial charge is 0.444 e. The highest BCUT2D eigenvalue weighted by Gasteiger charge is 2.21. The molecule has 0 aliphatic heterocycles. The molecule has 1 aromatic rings. The van der Waals surface area contributed by atoms with Crippen molar-refractivity contribution in [1.82, 2.24) is 0 Å². The Bertz CT molecular complexity index is 515. The predicted octanol–water partition coefficient (Wildman–Crippen LogP) is 4.12. The van der Waals surface area contributed by atoms with Crippen LogP contribution in [0.15, 0.2) is 6.07 Å². The highest BCUT2D eigenvalue weighted by atomic mass is 32.1. The SMILES string of the molecule is Cc1sc(C(C)(C)C)cc1NC(=O)OC(C)(C)C.O=C=O. The second kappa shape index (κ2) is 7.38. The first-order valence-corrected chi connectivity index (χ1v) is 7.32. The van der Waals surface area contributed by atoms with E-state index in [4.69, 9.17) is 14.3 Å². The van der Waals surface area contributed by atoms with Crippen LogP contribution in [0.25, 0.3) is 0 Å². The maximum atomic E-state index is 11.7. The fourth-order valence-electron chi connectivity index (χ4n) is 1.39. The van der Waals surface area contributed by atoms with Crippen molar-refractivity contribution >= 4 is 29.3 Å². The topological polar surface area (TPSA) is 72.5 Å². The van der Waals surface area contributed by atoms with Crippen molar-refractivity contribution in [3.8, 4) is 0 Å². The molecule has 0 atom stereocenters. The van der Waals surface area contributed by atoms with Crippen LogP contribution >= 0.6 is 11.3 Å². The third kappa shape index (κ3) is 7.63. The fourth-order valence-corrected chi connectivity index (χ4v) is 2.42. The number of nitrogens with one attached hydrogen (secondary N) is 1. The minimum absolute atomic E-state index is 0.100. The molecule has 5 nitrogen and oxygen atoms in total. The van der Waals surface area contributed by atoms with E-state index in [2.05, 4.69) is 26.1 Å². The highest BCUT2D eigenvalue weighted by Crippen LogP contribution is 2.34. The lowest BCUT2D eigenvalue weighted by Gasteiger charge is -2.19. The lowest BCUT2D eigenvalue weighted by molar-refractivity contribution is -0.191. The van der Waals surface area contributed by atoms with Gasteiger partial charge in [-0.2, -0.15) is 9.59 Å². The van der Waals surface area contributed by atoms with E-state index in [0.29, 0.717) is 0 Å². The number of hydrogen-bond donors (Lipinski definition) is 1. The quantitative estimate of drug-likeness (QED) is 0.846. The zero-order valence-corrected chi connectivity index (χ0v) is 14.4. The predicted molar refractivity (Wildman–Crippen MR) is 82.6 cm³/mol. The van der Waals surface area contributed by atoms with Gasteiger partial charge in [-0.25, -0.2) is 4.79 Å². The number of amides is 1. The zero-order valence-electron chi connectivity index (χ0n) is 13.6. The van der Waals surface area contributed by atoms with Gasteiger partial charge in [-0.1, -0.05) is 20.8 Å². The average molecular weight is 313 g/mol. The number of hydrogen-bond acceptors (Lipinski definition) is 5. The third-order valence-corrected chi connectivity index (χ3v) is 3.77. The van der Waals surface area contributed by atoms with Gasteiger partial charge in [-0.15, -0.1) is 11.3 Å². The molecular formula is C15H23NO4S. The molecule has 1 rings (SSSR count). The summed E-state index contributed by atoms with van der Waals surface area (Å²) >= 11 is 1.71. The Balaban J connectivity index is 0.00000122. The standard InChI is InChI=1S/C14H23NO2S.CO2/c1-9-10(8-11(18-9)13(2,3)4)15-12(16)17-14(5,6)7;2-1-3/h8H,1-7H3,(H,15,16);. The molecule has 0 radical (unpaired) electrons. The van der Waals surface area contributed by atoms with Gasteiger partial charge < -0.3 is 4.74 Å². The first kappa shape index (κ1) is 19.4. The molecule has 0 fully saturated rings. The van der Waals surface area contributed by atoms with Crippen molar-refractivity contribution in [3.05, 3.63) is 15.8 Å². The van der Waals surface area contributed by atoms with E-state index in [1.165, 1.54) is 4.88 Å². The summed E-state index contributed by atoms with van der Waals surface area (Å²) in [5, 5.41) is 2.81. The van der Waals surface area contributed by atoms with E-state index >= 15 is 0 Å². The Morgan fingerprint density at radius 2 is 1.67 bits per heavy atom. The molecule has 0 saturated heterocycles. The smallest absolute Gasteiger partial charge is 0.412 e. The van der Waals surface area contributed by atoms with Gasteiger partial charge in [-0.05, 0) is 39.2 Å². The summed E-state index contributed by atoms with van der Waals surface area (Å²) in [6.45, 7) is 14.1. The Kier molecular flexibility index (Phi) is 6.80. The van der Waals surface area contributed by atoms with Crippen molar-refractivity contribution in [2.45, 2.75) is 59.5 Å². The molecule has 0 aromatic carbocycles. The Morgan fingerprint density at radius 3 is 2.00 bits per heavy atom. The van der Waals surface area contributed by atoms with Crippen molar-refractivity contribution in [3.63, 3.8) is 0 Å². The minimum Gasteiger partial charge on any atom is -0.444 e. The number of carbonyl (C=O) groups is 1. The van der Waals surface area contributed by atoms with Crippen LogP contribution in [0.4, 0.5) is 10.5 Å². The number of anilines is 1. The average Bonchev–Trinajstić information content (AvgIpc) is 2.58. The van der Waals surface area contributed by atoms with Gasteiger partial charge in [0.1, 0.15) is 5.60 Å². The molecular weight excluding hydrogens is 290 g/mol. The van der Waals surface area contributed by atoms with Crippen LogP contribution in [-0.2, 0) is 19.7 Å². The second-order valence-corrected chi connectivity index (χ2v) is 7.80. The van der Waals surface area contributed by atoms with Crippen LogP contribution in [0.5, 0.6) is 0 Å². The Hall–Kier alpha value is -1.65. The van der Waals surface area contributed by atoms with Crippen molar-refractivity contribution in [2.24, 2.45) is 0 Å². The number of thiophene rings is 1. The molecule has 0 saturated carbocycles. The fraction of sp³-hybridized carbons (Fsp3) is 0.600. The summed E-state index contributed by atoms with van der Waals surface area (Å²) in [5.41, 5.74) is 0.476. The lowest BCUT2D eigenvalue weighted by Crippen LogP contribution is -2.27. The van der Waals surface area contributed by atoms with E-state index in [-0.39, 0.29) is 11.6 Å². The van der Waals surface area contributed by atoms with Crippen LogP contribution < -0.4 is 5.32 Å². The van der Waals surface area contributed by atoms with E-state index in [1.54, 1.807) is 11.3 Å². The molecule has 0 bridgehead atoms. The number of rotatable bonds is 1. The first-order chi connectivity index (χ1) is 9.40. The minimum atomic E-state index is -0.471. The molecule has 0 aliphatic rings. The van der Waals surface area contributed by atoms with Crippen LogP contribution in [0.2, 0.25) is 0 Å². The van der Waals surface area contributed by atoms with Crippen molar-refractivity contribution in [1.29, 1.82) is 0 Å². The van der Waals surface area contributed by atoms with Gasteiger partial charge in [0, 0.05) is 9.75 Å². The van der Waals surface area contributed by atoms with Gasteiger partial charge >= 0.3 is 12.2 Å². The van der Waals surface area contributed by atoms with Gasteiger partial charge in [0.25, 0.3) is 0 Å². The lowest BCUT2D eigenvalue weighted by atomic mass is 9.95.